The second-order valence-corrected chi connectivity index (χ2v) is 9.15. The van der Waals surface area contributed by atoms with Gasteiger partial charge in [0.25, 0.3) is 11.1 Å². The second-order valence-electron chi connectivity index (χ2n) is 9.15. The molecule has 20 heteroatoms. The molecule has 0 saturated carbocycles. The maximum absolute atomic E-state index is 14.9. The summed E-state index contributed by atoms with van der Waals surface area (Å²) in [5.74, 6) is -2.51. The number of halogens is 9. The Morgan fingerprint density at radius 1 is 1.05 bits per heavy atom. The molecule has 236 valence electrons. The van der Waals surface area contributed by atoms with Crippen molar-refractivity contribution in [1.29, 1.82) is 0 Å². The fourth-order valence-electron chi connectivity index (χ4n) is 4.16. The lowest BCUT2D eigenvalue weighted by Crippen LogP contribution is -2.32. The summed E-state index contributed by atoms with van der Waals surface area (Å²) in [7, 11) is 0. The fourth-order valence-corrected chi connectivity index (χ4v) is 4.16. The molecule has 4 N–H and O–H groups in total. The lowest BCUT2D eigenvalue weighted by atomic mass is 10.1. The Hall–Kier alpha value is -4.75. The molecule has 44 heavy (non-hydrogen) atoms. The number of H-pyrrole nitrogens is 1. The van der Waals surface area contributed by atoms with E-state index in [1.807, 2.05) is 0 Å². The zero-order valence-electron chi connectivity index (χ0n) is 21.8. The highest BCUT2D eigenvalue weighted by Crippen LogP contribution is 2.34. The van der Waals surface area contributed by atoms with Crippen LogP contribution < -0.4 is 22.2 Å². The minimum atomic E-state index is -5.10. The Morgan fingerprint density at radius 2 is 1.77 bits per heavy atom. The quantitative estimate of drug-likeness (QED) is 0.217. The van der Waals surface area contributed by atoms with Crippen molar-refractivity contribution in [1.82, 2.24) is 29.7 Å². The first-order chi connectivity index (χ1) is 20.6. The lowest BCUT2D eigenvalue weighted by Gasteiger charge is -2.22. The van der Waals surface area contributed by atoms with Gasteiger partial charge in [0, 0.05) is 18.8 Å². The van der Waals surface area contributed by atoms with Gasteiger partial charge in [-0.25, -0.2) is 24.4 Å². The van der Waals surface area contributed by atoms with Crippen molar-refractivity contribution in [3.8, 4) is 11.4 Å². The number of anilines is 2. The van der Waals surface area contributed by atoms with Crippen LogP contribution in [0, 0.1) is 5.82 Å². The fraction of sp³-hybridized carbons (Fsp3) is 0.333. The van der Waals surface area contributed by atoms with Gasteiger partial charge >= 0.3 is 19.0 Å². The molecular weight excluding hydrogens is 619 g/mol. The predicted molar refractivity (Wildman–Crippen MR) is 135 cm³/mol. The number of nitrogens with two attached hydrogens (primary N) is 1. The van der Waals surface area contributed by atoms with Gasteiger partial charge in [0.2, 0.25) is 0 Å². The van der Waals surface area contributed by atoms with Gasteiger partial charge in [-0.3, -0.25) is 14.2 Å². The van der Waals surface area contributed by atoms with Gasteiger partial charge in [-0.15, -0.1) is 0 Å². The average molecular weight is 638 g/mol. The van der Waals surface area contributed by atoms with E-state index in [-0.39, 0.29) is 35.9 Å². The highest BCUT2D eigenvalue weighted by atomic mass is 19.4. The van der Waals surface area contributed by atoms with Crippen LogP contribution in [-0.4, -0.2) is 49.0 Å². The van der Waals surface area contributed by atoms with E-state index in [9.17, 15) is 49.1 Å². The number of nitrogen functional groups attached to an aromatic ring is 1. The Bertz CT molecular complexity index is 1770. The van der Waals surface area contributed by atoms with E-state index in [2.05, 4.69) is 30.1 Å². The van der Waals surface area contributed by atoms with Crippen molar-refractivity contribution in [2.75, 3.05) is 17.7 Å². The molecule has 0 bridgehead atoms. The molecule has 0 aliphatic heterocycles. The van der Waals surface area contributed by atoms with Crippen LogP contribution in [0.1, 0.15) is 24.0 Å². The highest BCUT2D eigenvalue weighted by Gasteiger charge is 2.38. The van der Waals surface area contributed by atoms with Crippen LogP contribution in [0.15, 0.2) is 40.4 Å². The van der Waals surface area contributed by atoms with Crippen molar-refractivity contribution in [3.63, 3.8) is 0 Å². The second kappa shape index (κ2) is 12.5. The Kier molecular flexibility index (Phi) is 9.11. The number of aromatic nitrogens is 6. The molecule has 0 amide bonds. The molecule has 0 aliphatic carbocycles. The van der Waals surface area contributed by atoms with E-state index in [1.165, 1.54) is 0 Å². The normalized spacial score (nSPS) is 13.0. The number of rotatable bonds is 10. The number of ether oxygens (including phenoxy) is 1. The van der Waals surface area contributed by atoms with Crippen molar-refractivity contribution in [2.24, 2.45) is 0 Å². The van der Waals surface area contributed by atoms with Gasteiger partial charge in [-0.05, 0) is 25.0 Å². The third kappa shape index (κ3) is 7.24. The number of hydrogen-bond acceptors (Lipinski definition) is 9. The molecule has 0 fully saturated rings. The van der Waals surface area contributed by atoms with Crippen molar-refractivity contribution < 1.29 is 44.3 Å². The predicted octanol–water partition coefficient (Wildman–Crippen LogP) is 4.20. The van der Waals surface area contributed by atoms with Crippen molar-refractivity contribution in [3.05, 3.63) is 68.5 Å². The van der Waals surface area contributed by atoms with Crippen molar-refractivity contribution in [2.45, 2.75) is 44.4 Å². The molecule has 3 heterocycles. The van der Waals surface area contributed by atoms with Crippen LogP contribution in [0.25, 0.3) is 22.3 Å². The molecule has 11 nitrogen and oxygen atoms in total. The van der Waals surface area contributed by atoms with Gasteiger partial charge in [-0.2, -0.15) is 40.2 Å². The molecule has 4 rings (SSSR count). The van der Waals surface area contributed by atoms with E-state index >= 15 is 0 Å². The summed E-state index contributed by atoms with van der Waals surface area (Å²) in [5.41, 5.74) is -1.17. The summed E-state index contributed by atoms with van der Waals surface area (Å²) in [6.07, 6.45) is -8.02. The summed E-state index contributed by atoms with van der Waals surface area (Å²) in [5, 5.41) is 7.02. The summed E-state index contributed by atoms with van der Waals surface area (Å²) in [6, 6.07) is 0.607. The third-order valence-corrected chi connectivity index (χ3v) is 6.15. The van der Waals surface area contributed by atoms with Gasteiger partial charge < -0.3 is 15.8 Å². The number of fused-ring (bicyclic) bond motifs is 1. The van der Waals surface area contributed by atoms with Crippen LogP contribution in [0.3, 0.4) is 0 Å². The maximum atomic E-state index is 14.9. The first-order valence-corrected chi connectivity index (χ1v) is 12.3. The zero-order valence-corrected chi connectivity index (χ0v) is 21.8. The van der Waals surface area contributed by atoms with Gasteiger partial charge in [0.15, 0.2) is 5.82 Å². The Labute approximate surface area is 238 Å². The summed E-state index contributed by atoms with van der Waals surface area (Å²) < 4.78 is 125. The van der Waals surface area contributed by atoms with Crippen LogP contribution >= 0.6 is 0 Å². The monoisotopic (exact) mass is 638 g/mol. The third-order valence-electron chi connectivity index (χ3n) is 6.15. The number of alkyl halides is 8. The summed E-state index contributed by atoms with van der Waals surface area (Å²) >= 11 is 0. The first kappa shape index (κ1) is 32.2. The minimum absolute atomic E-state index is 0.0193. The lowest BCUT2D eigenvalue weighted by molar-refractivity contribution is -0.139. The Balaban J connectivity index is 1.54. The number of aromatic amines is 1. The average Bonchev–Trinajstić information content (AvgIpc) is 2.91. The molecule has 3 aromatic heterocycles. The van der Waals surface area contributed by atoms with Gasteiger partial charge in [0.1, 0.15) is 22.8 Å². The van der Waals surface area contributed by atoms with Gasteiger partial charge in [0.05, 0.1) is 41.3 Å². The summed E-state index contributed by atoms with van der Waals surface area (Å²) in [4.78, 5) is 35.7. The number of nitrogens with zero attached hydrogens (tertiary/aromatic N) is 5. The van der Waals surface area contributed by atoms with E-state index in [0.29, 0.717) is 12.4 Å². The largest absolute Gasteiger partial charge is 0.423 e. The molecule has 1 unspecified atom stereocenters. The van der Waals surface area contributed by atoms with E-state index in [0.717, 1.165) is 23.0 Å². The van der Waals surface area contributed by atoms with Crippen LogP contribution in [0.2, 0.25) is 0 Å². The number of hydrogen-bond donors (Lipinski definition) is 3. The molecule has 1 aromatic carbocycles. The molecule has 0 saturated heterocycles. The zero-order chi connectivity index (χ0) is 32.4. The Morgan fingerprint density at radius 3 is 2.41 bits per heavy atom. The number of benzene rings is 1. The number of aryl methyl sites for hydroxylation is 1. The topological polar surface area (TPSA) is 154 Å². The van der Waals surface area contributed by atoms with Gasteiger partial charge in [-0.1, -0.05) is 0 Å². The molecule has 4 aromatic rings. The molecule has 0 aliphatic rings. The summed E-state index contributed by atoms with van der Waals surface area (Å²) in [6.45, 7) is -4.19. The highest BCUT2D eigenvalue weighted by molar-refractivity contribution is 5.82. The molecule has 0 spiro atoms. The molecule has 0 radical (unpaired) electrons. The van der Waals surface area contributed by atoms with Crippen LogP contribution in [0.5, 0.6) is 0 Å². The maximum Gasteiger partial charge on any atom is 0.423 e. The van der Waals surface area contributed by atoms with E-state index in [1.54, 1.807) is 5.10 Å². The molecular formula is C24H19F9N8O3. The van der Waals surface area contributed by atoms with Crippen LogP contribution in [-0.2, 0) is 23.6 Å². The SMILES string of the molecule is Nc1nc(-c2cc3ncn(CCCC(COC(F)F)Nc4cn[nH]c(=O)c4C(F)(F)F)c(=O)c3cc2F)ncc1C(F)(F)F. The first-order valence-electron chi connectivity index (χ1n) is 12.3. The minimum Gasteiger partial charge on any atom is -0.383 e. The molecule has 1 atom stereocenters. The van der Waals surface area contributed by atoms with Crippen LogP contribution in [0.4, 0.5) is 51.0 Å². The number of nitrogens with one attached hydrogen (secondary N) is 2. The van der Waals surface area contributed by atoms with E-state index < -0.39 is 77.0 Å². The van der Waals surface area contributed by atoms with E-state index in [4.69, 9.17) is 5.73 Å². The standard InChI is InChI=1S/C24H19F9N8O3/c25-14-4-12-15(5-11(14)19-35-6-13(18(34)39-19)23(28,29)30)36-9-41(21(12)43)3-1-2-10(8-44-22(26)27)38-16-7-37-40-20(42)17(16)24(31,32)33/h4-7,9-10,22H,1-3,8H2,(H2,34,35,39)(H2,38,40,42). The smallest absolute Gasteiger partial charge is 0.383 e. The van der Waals surface area contributed by atoms with Crippen molar-refractivity contribution >= 4 is 22.4 Å².